The molecule has 0 aliphatic carbocycles. The highest BCUT2D eigenvalue weighted by atomic mass is 32.2. The van der Waals surface area contributed by atoms with Crippen LogP contribution in [0.3, 0.4) is 0 Å². The van der Waals surface area contributed by atoms with Gasteiger partial charge >= 0.3 is 5.97 Å². The molecule has 0 amide bonds. The van der Waals surface area contributed by atoms with Crippen molar-refractivity contribution in [3.8, 4) is 0 Å². The Bertz CT molecular complexity index is 625. The van der Waals surface area contributed by atoms with Crippen LogP contribution in [0.15, 0.2) is 11.2 Å². The largest absolute Gasteiger partial charge is 0.462 e. The first-order valence-electron chi connectivity index (χ1n) is 7.29. The maximum atomic E-state index is 12.3. The summed E-state index contributed by atoms with van der Waals surface area (Å²) < 4.78 is 5.18. The molecule has 0 aliphatic rings. The van der Waals surface area contributed by atoms with Crippen LogP contribution >= 0.6 is 11.8 Å². The summed E-state index contributed by atoms with van der Waals surface area (Å²) in [6.45, 7) is 4.32. The van der Waals surface area contributed by atoms with Crippen molar-refractivity contribution < 1.29 is 9.53 Å². The molecule has 21 heavy (non-hydrogen) atoms. The van der Waals surface area contributed by atoms with Crippen molar-refractivity contribution in [2.75, 3.05) is 12.9 Å². The van der Waals surface area contributed by atoms with Gasteiger partial charge in [-0.2, -0.15) is 0 Å². The van der Waals surface area contributed by atoms with E-state index in [9.17, 15) is 4.79 Å². The number of esters is 1. The SMILES string of the molecule is CCCCCc1[nH]c2ncc(SC)nc2c1C(=O)OCC. The maximum absolute atomic E-state index is 12.3. The maximum Gasteiger partial charge on any atom is 0.342 e. The Labute approximate surface area is 128 Å². The highest BCUT2D eigenvalue weighted by molar-refractivity contribution is 7.98. The summed E-state index contributed by atoms with van der Waals surface area (Å²) in [7, 11) is 0. The smallest absolute Gasteiger partial charge is 0.342 e. The third-order valence-corrected chi connectivity index (χ3v) is 3.89. The molecule has 2 aromatic rings. The average Bonchev–Trinajstić information content (AvgIpc) is 2.85. The Hall–Kier alpha value is -1.56. The second-order valence-electron chi connectivity index (χ2n) is 4.77. The summed E-state index contributed by atoms with van der Waals surface area (Å²) in [5.41, 5.74) is 2.70. The number of rotatable bonds is 7. The van der Waals surface area contributed by atoms with Crippen molar-refractivity contribution in [3.63, 3.8) is 0 Å². The first-order valence-corrected chi connectivity index (χ1v) is 8.52. The van der Waals surface area contributed by atoms with Crippen molar-refractivity contribution >= 4 is 28.9 Å². The van der Waals surface area contributed by atoms with Crippen LogP contribution < -0.4 is 0 Å². The van der Waals surface area contributed by atoms with E-state index in [-0.39, 0.29) is 5.97 Å². The number of hydrogen-bond acceptors (Lipinski definition) is 5. The lowest BCUT2D eigenvalue weighted by Crippen LogP contribution is -2.07. The van der Waals surface area contributed by atoms with Gasteiger partial charge in [-0.25, -0.2) is 14.8 Å². The number of nitrogens with zero attached hydrogens (tertiary/aromatic N) is 2. The van der Waals surface area contributed by atoms with Crippen LogP contribution in [0.5, 0.6) is 0 Å². The van der Waals surface area contributed by atoms with Crippen LogP contribution in [-0.2, 0) is 11.2 Å². The van der Waals surface area contributed by atoms with E-state index in [0.717, 1.165) is 36.4 Å². The van der Waals surface area contributed by atoms with E-state index in [1.807, 2.05) is 13.2 Å². The van der Waals surface area contributed by atoms with Crippen LogP contribution in [0.25, 0.3) is 11.2 Å². The number of ether oxygens (including phenoxy) is 1. The molecule has 0 saturated heterocycles. The van der Waals surface area contributed by atoms with Crippen molar-refractivity contribution in [1.82, 2.24) is 15.0 Å². The lowest BCUT2D eigenvalue weighted by Gasteiger charge is -2.04. The number of hydrogen-bond donors (Lipinski definition) is 1. The Morgan fingerprint density at radius 2 is 2.19 bits per heavy atom. The van der Waals surface area contributed by atoms with Gasteiger partial charge in [-0.05, 0) is 26.0 Å². The lowest BCUT2D eigenvalue weighted by atomic mass is 10.1. The molecule has 0 spiro atoms. The molecule has 0 unspecified atom stereocenters. The predicted octanol–water partition coefficient (Wildman–Crippen LogP) is 3.59. The summed E-state index contributed by atoms with van der Waals surface area (Å²) >= 11 is 1.51. The number of H-pyrrole nitrogens is 1. The van der Waals surface area contributed by atoms with Gasteiger partial charge in [-0.3, -0.25) is 0 Å². The first-order chi connectivity index (χ1) is 10.2. The van der Waals surface area contributed by atoms with Crippen LogP contribution in [0.2, 0.25) is 0 Å². The molecule has 5 nitrogen and oxygen atoms in total. The minimum atomic E-state index is -0.317. The van der Waals surface area contributed by atoms with Gasteiger partial charge in [0.15, 0.2) is 5.65 Å². The normalized spacial score (nSPS) is 11.0. The molecule has 0 fully saturated rings. The van der Waals surface area contributed by atoms with E-state index in [4.69, 9.17) is 4.74 Å². The van der Waals surface area contributed by atoms with Gasteiger partial charge in [0, 0.05) is 5.69 Å². The van der Waals surface area contributed by atoms with Gasteiger partial charge in [0.2, 0.25) is 0 Å². The molecule has 0 aromatic carbocycles. The molecule has 2 rings (SSSR count). The predicted molar refractivity (Wildman–Crippen MR) is 84.9 cm³/mol. The van der Waals surface area contributed by atoms with Crippen LogP contribution in [0.4, 0.5) is 0 Å². The van der Waals surface area contributed by atoms with Crippen molar-refractivity contribution in [1.29, 1.82) is 0 Å². The Morgan fingerprint density at radius 1 is 1.38 bits per heavy atom. The number of carbonyl (C=O) groups is 1. The number of nitrogens with one attached hydrogen (secondary N) is 1. The van der Waals surface area contributed by atoms with E-state index in [2.05, 4.69) is 21.9 Å². The minimum Gasteiger partial charge on any atom is -0.462 e. The van der Waals surface area contributed by atoms with Gasteiger partial charge in [0.05, 0.1) is 12.8 Å². The highest BCUT2D eigenvalue weighted by Crippen LogP contribution is 2.24. The molecule has 0 aliphatic heterocycles. The topological polar surface area (TPSA) is 67.9 Å². The van der Waals surface area contributed by atoms with E-state index in [1.54, 1.807) is 6.20 Å². The number of fused-ring (bicyclic) bond motifs is 1. The number of aromatic nitrogens is 3. The average molecular weight is 307 g/mol. The van der Waals surface area contributed by atoms with Crippen molar-refractivity contribution in [3.05, 3.63) is 17.5 Å². The molecular formula is C15H21N3O2S. The van der Waals surface area contributed by atoms with Crippen molar-refractivity contribution in [2.45, 2.75) is 44.6 Å². The molecule has 114 valence electrons. The van der Waals surface area contributed by atoms with E-state index in [1.165, 1.54) is 11.8 Å². The highest BCUT2D eigenvalue weighted by Gasteiger charge is 2.21. The Morgan fingerprint density at radius 3 is 2.86 bits per heavy atom. The Balaban J connectivity index is 2.44. The van der Waals surface area contributed by atoms with E-state index >= 15 is 0 Å². The number of aromatic amines is 1. The second kappa shape index (κ2) is 7.45. The Kier molecular flexibility index (Phi) is 5.61. The quantitative estimate of drug-likeness (QED) is 0.481. The second-order valence-corrected chi connectivity index (χ2v) is 5.59. The van der Waals surface area contributed by atoms with Gasteiger partial charge in [-0.1, -0.05) is 19.8 Å². The fraction of sp³-hybridized carbons (Fsp3) is 0.533. The standard InChI is InChI=1S/C15H21N3O2S/c1-4-6-7-8-10-12(15(19)20-5-2)13-14(17-10)16-9-11(18-13)21-3/h9H,4-8H2,1-3H3,(H,16,17). The molecule has 2 aromatic heterocycles. The summed E-state index contributed by atoms with van der Waals surface area (Å²) in [6, 6.07) is 0. The zero-order valence-corrected chi connectivity index (χ0v) is 13.5. The molecular weight excluding hydrogens is 286 g/mol. The molecule has 0 radical (unpaired) electrons. The van der Waals surface area contributed by atoms with Gasteiger partial charge in [0.1, 0.15) is 16.1 Å². The summed E-state index contributed by atoms with van der Waals surface area (Å²) in [6.07, 6.45) is 7.78. The molecule has 0 bridgehead atoms. The van der Waals surface area contributed by atoms with Gasteiger partial charge < -0.3 is 9.72 Å². The number of carbonyl (C=O) groups excluding carboxylic acids is 1. The molecule has 0 saturated carbocycles. The zero-order chi connectivity index (χ0) is 15.2. The fourth-order valence-corrected chi connectivity index (χ4v) is 2.59. The summed E-state index contributed by atoms with van der Waals surface area (Å²) in [5, 5.41) is 0.798. The number of aryl methyl sites for hydroxylation is 1. The van der Waals surface area contributed by atoms with Crippen molar-refractivity contribution in [2.24, 2.45) is 0 Å². The zero-order valence-electron chi connectivity index (χ0n) is 12.7. The van der Waals surface area contributed by atoms with Crippen LogP contribution in [0, 0.1) is 0 Å². The summed E-state index contributed by atoms with van der Waals surface area (Å²) in [4.78, 5) is 24.4. The van der Waals surface area contributed by atoms with Crippen LogP contribution in [0.1, 0.15) is 49.2 Å². The molecule has 1 N–H and O–H groups in total. The first kappa shape index (κ1) is 15.8. The molecule has 6 heteroatoms. The van der Waals surface area contributed by atoms with E-state index in [0.29, 0.717) is 23.3 Å². The van der Waals surface area contributed by atoms with Gasteiger partial charge in [0.25, 0.3) is 0 Å². The molecule has 0 atom stereocenters. The lowest BCUT2D eigenvalue weighted by molar-refractivity contribution is 0.0527. The number of thioether (sulfide) groups is 1. The monoisotopic (exact) mass is 307 g/mol. The fourth-order valence-electron chi connectivity index (χ4n) is 2.25. The molecule has 2 heterocycles. The summed E-state index contributed by atoms with van der Waals surface area (Å²) in [5.74, 6) is -0.317. The minimum absolute atomic E-state index is 0.317. The van der Waals surface area contributed by atoms with E-state index < -0.39 is 0 Å². The third kappa shape index (κ3) is 3.56. The van der Waals surface area contributed by atoms with Crippen LogP contribution in [-0.4, -0.2) is 33.8 Å². The third-order valence-electron chi connectivity index (χ3n) is 3.28. The number of unbranched alkanes of at least 4 members (excludes halogenated alkanes) is 2. The van der Waals surface area contributed by atoms with Gasteiger partial charge in [-0.15, -0.1) is 11.8 Å².